The Bertz CT molecular complexity index is 1050. The average Bonchev–Trinajstić information content (AvgIpc) is 3.06. The molecule has 2 N–H and O–H groups in total. The van der Waals surface area contributed by atoms with Crippen LogP contribution in [-0.4, -0.2) is 34.7 Å². The van der Waals surface area contributed by atoms with Crippen LogP contribution in [0.25, 0.3) is 11.1 Å². The monoisotopic (exact) mass is 457 g/mol. The Labute approximate surface area is 194 Å². The summed E-state index contributed by atoms with van der Waals surface area (Å²) in [7, 11) is 0. The largest absolute Gasteiger partial charge is 0.488 e. The second-order valence-electron chi connectivity index (χ2n) is 10.1. The summed E-state index contributed by atoms with van der Waals surface area (Å²) in [6, 6.07) is 6.29. The molecule has 0 fully saturated rings. The van der Waals surface area contributed by atoms with Gasteiger partial charge in [-0.1, -0.05) is 19.9 Å². The van der Waals surface area contributed by atoms with Crippen molar-refractivity contribution in [2.24, 2.45) is 5.92 Å². The first-order valence-corrected chi connectivity index (χ1v) is 11.1. The third kappa shape index (κ3) is 6.21. The minimum absolute atomic E-state index is 0.0632. The quantitative estimate of drug-likeness (QED) is 0.621. The first-order chi connectivity index (χ1) is 15.4. The van der Waals surface area contributed by atoms with E-state index < -0.39 is 23.1 Å². The molecule has 178 valence electrons. The van der Waals surface area contributed by atoms with E-state index in [4.69, 9.17) is 9.47 Å². The molecule has 0 spiro atoms. The predicted molar refractivity (Wildman–Crippen MR) is 124 cm³/mol. The Morgan fingerprint density at radius 3 is 2.61 bits per heavy atom. The molecule has 0 saturated carbocycles. The molecule has 3 rings (SSSR count). The molecule has 2 aromatic rings. The number of fused-ring (bicyclic) bond motifs is 1. The van der Waals surface area contributed by atoms with Gasteiger partial charge in [-0.15, -0.1) is 0 Å². The van der Waals surface area contributed by atoms with E-state index in [1.165, 1.54) is 12.1 Å². The number of carbonyl (C=O) groups is 2. The van der Waals surface area contributed by atoms with Crippen molar-refractivity contribution in [3.8, 4) is 16.9 Å². The average molecular weight is 458 g/mol. The minimum atomic E-state index is -0.758. The molecule has 0 radical (unpaired) electrons. The van der Waals surface area contributed by atoms with Gasteiger partial charge in [0.25, 0.3) is 5.91 Å². The number of benzene rings is 1. The summed E-state index contributed by atoms with van der Waals surface area (Å²) in [4.78, 5) is 28.7. The third-order valence-electron chi connectivity index (χ3n) is 5.12. The van der Waals surface area contributed by atoms with Crippen LogP contribution in [0, 0.1) is 11.7 Å². The van der Waals surface area contributed by atoms with Crippen molar-refractivity contribution in [2.45, 2.75) is 65.6 Å². The first kappa shape index (κ1) is 24.5. The third-order valence-corrected chi connectivity index (χ3v) is 5.12. The van der Waals surface area contributed by atoms with E-state index in [0.29, 0.717) is 35.3 Å². The lowest BCUT2D eigenvalue weighted by Gasteiger charge is -2.33. The van der Waals surface area contributed by atoms with Crippen molar-refractivity contribution in [1.82, 2.24) is 15.6 Å². The molecule has 2 heterocycles. The lowest BCUT2D eigenvalue weighted by atomic mass is 9.91. The van der Waals surface area contributed by atoms with Crippen molar-refractivity contribution in [2.75, 3.05) is 6.61 Å². The summed E-state index contributed by atoms with van der Waals surface area (Å²) in [6.45, 7) is 11.7. The number of aromatic nitrogens is 1. The molecule has 2 amide bonds. The Morgan fingerprint density at radius 1 is 1.24 bits per heavy atom. The van der Waals surface area contributed by atoms with Crippen molar-refractivity contribution in [3.05, 3.63) is 47.5 Å². The molecule has 1 aliphatic rings. The first-order valence-electron chi connectivity index (χ1n) is 11.1. The zero-order chi connectivity index (χ0) is 24.4. The maximum atomic E-state index is 15.0. The Morgan fingerprint density at radius 2 is 1.97 bits per heavy atom. The van der Waals surface area contributed by atoms with Gasteiger partial charge in [-0.25, -0.2) is 9.18 Å². The number of halogens is 1. The number of amides is 2. The van der Waals surface area contributed by atoms with Crippen LogP contribution in [0.4, 0.5) is 9.18 Å². The molecule has 8 heteroatoms. The molecule has 0 bridgehead atoms. The summed E-state index contributed by atoms with van der Waals surface area (Å²) >= 11 is 0. The van der Waals surface area contributed by atoms with E-state index in [0.717, 1.165) is 0 Å². The summed E-state index contributed by atoms with van der Waals surface area (Å²) in [5.74, 6) is -0.442. The van der Waals surface area contributed by atoms with Gasteiger partial charge >= 0.3 is 6.09 Å². The van der Waals surface area contributed by atoms with Gasteiger partial charge in [-0.3, -0.25) is 9.78 Å². The standard InChI is InChI=1S/C25H32FN3O4/c1-15(2)12-25(6,29-23(31)33-24(3,4)5)14-32-20-8-7-16(11-18(20)26)17-9-10-27-19-13-28-22(30)21(17)19/h7-11,15H,12-14H2,1-6H3,(H,28,30)(H,29,31)/t25-/m0/s1. The number of pyridine rings is 1. The SMILES string of the molecule is CC(C)C[C@@](C)(COc1ccc(-c2ccnc3c2C(=O)NC3)cc1F)NC(=O)OC(C)(C)C. The molecule has 1 aliphatic heterocycles. The zero-order valence-corrected chi connectivity index (χ0v) is 20.0. The highest BCUT2D eigenvalue weighted by Gasteiger charge is 2.31. The molecule has 7 nitrogen and oxygen atoms in total. The number of ether oxygens (including phenoxy) is 2. The highest BCUT2D eigenvalue weighted by Crippen LogP contribution is 2.31. The van der Waals surface area contributed by atoms with Gasteiger partial charge in [0.2, 0.25) is 0 Å². The number of nitrogens with zero attached hydrogens (tertiary/aromatic N) is 1. The molecule has 1 aromatic carbocycles. The fourth-order valence-corrected chi connectivity index (χ4v) is 4.01. The minimum Gasteiger partial charge on any atom is -0.488 e. The van der Waals surface area contributed by atoms with Crippen LogP contribution in [0.3, 0.4) is 0 Å². The molecule has 1 atom stereocenters. The number of rotatable bonds is 7. The summed E-state index contributed by atoms with van der Waals surface area (Å²) in [5, 5.41) is 5.62. The Kier molecular flexibility index (Phi) is 6.95. The van der Waals surface area contributed by atoms with E-state index in [2.05, 4.69) is 15.6 Å². The fraction of sp³-hybridized carbons (Fsp3) is 0.480. The van der Waals surface area contributed by atoms with Crippen LogP contribution in [0.5, 0.6) is 5.75 Å². The highest BCUT2D eigenvalue weighted by atomic mass is 19.1. The van der Waals surface area contributed by atoms with Crippen molar-refractivity contribution < 1.29 is 23.5 Å². The normalized spacial score (nSPS) is 15.0. The predicted octanol–water partition coefficient (Wildman–Crippen LogP) is 4.84. The van der Waals surface area contributed by atoms with Crippen LogP contribution in [0.2, 0.25) is 0 Å². The lowest BCUT2D eigenvalue weighted by Crippen LogP contribution is -2.52. The molecule has 33 heavy (non-hydrogen) atoms. The van der Waals surface area contributed by atoms with Crippen LogP contribution >= 0.6 is 0 Å². The molecular weight excluding hydrogens is 425 g/mol. The van der Waals surface area contributed by atoms with Gasteiger partial charge in [0.05, 0.1) is 23.3 Å². The second-order valence-corrected chi connectivity index (χ2v) is 10.1. The Hall–Kier alpha value is -3.16. The smallest absolute Gasteiger partial charge is 0.408 e. The van der Waals surface area contributed by atoms with Gasteiger partial charge in [-0.05, 0) is 69.4 Å². The van der Waals surface area contributed by atoms with Crippen molar-refractivity contribution in [1.29, 1.82) is 0 Å². The molecular formula is C25H32FN3O4. The number of carbonyl (C=O) groups excluding carboxylic acids is 2. The van der Waals surface area contributed by atoms with E-state index in [-0.39, 0.29) is 24.2 Å². The van der Waals surface area contributed by atoms with Gasteiger partial charge in [0.1, 0.15) is 12.2 Å². The number of nitrogens with one attached hydrogen (secondary N) is 2. The summed E-state index contributed by atoms with van der Waals surface area (Å²) in [5.41, 5.74) is 0.915. The van der Waals surface area contributed by atoms with E-state index in [1.54, 1.807) is 39.1 Å². The van der Waals surface area contributed by atoms with Crippen LogP contribution < -0.4 is 15.4 Å². The van der Waals surface area contributed by atoms with Gasteiger partial charge < -0.3 is 20.1 Å². The van der Waals surface area contributed by atoms with Gasteiger partial charge in [0.15, 0.2) is 11.6 Å². The number of alkyl carbamates (subject to hydrolysis) is 1. The van der Waals surface area contributed by atoms with Gasteiger partial charge in [0, 0.05) is 6.20 Å². The van der Waals surface area contributed by atoms with Crippen molar-refractivity contribution in [3.63, 3.8) is 0 Å². The highest BCUT2D eigenvalue weighted by molar-refractivity contribution is 6.03. The molecule has 0 saturated heterocycles. The van der Waals surface area contributed by atoms with E-state index in [9.17, 15) is 14.0 Å². The maximum Gasteiger partial charge on any atom is 0.408 e. The van der Waals surface area contributed by atoms with Crippen LogP contribution in [0.15, 0.2) is 30.5 Å². The van der Waals surface area contributed by atoms with E-state index in [1.807, 2.05) is 20.8 Å². The van der Waals surface area contributed by atoms with Crippen LogP contribution in [-0.2, 0) is 11.3 Å². The number of hydrogen-bond donors (Lipinski definition) is 2. The maximum absolute atomic E-state index is 15.0. The topological polar surface area (TPSA) is 89.5 Å². The number of hydrogen-bond acceptors (Lipinski definition) is 5. The zero-order valence-electron chi connectivity index (χ0n) is 20.0. The Balaban J connectivity index is 1.77. The van der Waals surface area contributed by atoms with Crippen LogP contribution in [0.1, 0.15) is 64.0 Å². The fourth-order valence-electron chi connectivity index (χ4n) is 4.01. The molecule has 0 unspecified atom stereocenters. The second kappa shape index (κ2) is 9.37. The molecule has 0 aliphatic carbocycles. The molecule has 1 aromatic heterocycles. The van der Waals surface area contributed by atoms with Gasteiger partial charge in [-0.2, -0.15) is 0 Å². The summed E-state index contributed by atoms with van der Waals surface area (Å²) < 4.78 is 26.1. The van der Waals surface area contributed by atoms with Crippen molar-refractivity contribution >= 4 is 12.0 Å². The van der Waals surface area contributed by atoms with E-state index >= 15 is 0 Å². The summed E-state index contributed by atoms with van der Waals surface area (Å²) in [6.07, 6.45) is 1.68. The lowest BCUT2D eigenvalue weighted by molar-refractivity contribution is 0.0406.